The molecule has 0 aromatic rings. The molecule has 4 rings (SSSR count). The van der Waals surface area contributed by atoms with E-state index in [0.29, 0.717) is 11.8 Å². The molecule has 0 saturated heterocycles. The maximum atomic E-state index is 14.4. The van der Waals surface area contributed by atoms with Gasteiger partial charge in [0.2, 0.25) is 0 Å². The molecule has 8 unspecified atom stereocenters. The Bertz CT molecular complexity index is 458. The average Bonchev–Trinajstić information content (AvgIpc) is 2.66. The second-order valence-electron chi connectivity index (χ2n) is 10.1. The van der Waals surface area contributed by atoms with Crippen LogP contribution in [0.5, 0.6) is 0 Å². The van der Waals surface area contributed by atoms with Crippen molar-refractivity contribution in [1.29, 1.82) is 0 Å². The zero-order valence-corrected chi connectivity index (χ0v) is 16.4. The predicted molar refractivity (Wildman–Crippen MR) is 100 cm³/mol. The van der Waals surface area contributed by atoms with Gasteiger partial charge in [-0.2, -0.15) is 0 Å². The molecule has 0 aliphatic heterocycles. The third-order valence-electron chi connectivity index (χ3n) is 8.86. The third kappa shape index (κ3) is 3.58. The van der Waals surface area contributed by atoms with Crippen LogP contribution in [0, 0.1) is 41.4 Å². The highest BCUT2D eigenvalue weighted by Gasteiger charge is 2.53. The van der Waals surface area contributed by atoms with Gasteiger partial charge in [-0.25, -0.2) is 13.2 Å². The molecule has 3 heteroatoms. The Balaban J connectivity index is 1.35. The number of rotatable bonds is 3. The first kappa shape index (κ1) is 19.1. The van der Waals surface area contributed by atoms with E-state index in [2.05, 4.69) is 6.92 Å². The molecule has 4 aliphatic carbocycles. The van der Waals surface area contributed by atoms with Gasteiger partial charge in [0.25, 0.3) is 0 Å². The number of halogens is 3. The number of hydrogen-bond donors (Lipinski definition) is 0. The van der Waals surface area contributed by atoms with E-state index in [1.165, 1.54) is 51.4 Å². The molecule has 8 atom stereocenters. The average molecular weight is 371 g/mol. The molecule has 0 aromatic heterocycles. The normalized spacial score (nSPS) is 52.2. The van der Waals surface area contributed by atoms with Gasteiger partial charge in [0.05, 0.1) is 0 Å². The molecule has 4 fully saturated rings. The first-order chi connectivity index (χ1) is 12.6. The van der Waals surface area contributed by atoms with E-state index in [1.54, 1.807) is 0 Å². The molecule has 150 valence electrons. The lowest BCUT2D eigenvalue weighted by Crippen LogP contribution is -2.51. The summed E-state index contributed by atoms with van der Waals surface area (Å²) in [5.74, 6) is 3.71. The molecule has 0 heterocycles. The molecular weight excluding hydrogens is 333 g/mol. The Morgan fingerprint density at radius 1 is 0.615 bits per heavy atom. The van der Waals surface area contributed by atoms with Crippen LogP contribution in [0.15, 0.2) is 0 Å². The number of hydrogen-bond acceptors (Lipinski definition) is 0. The van der Waals surface area contributed by atoms with Crippen molar-refractivity contribution >= 4 is 0 Å². The molecular formula is C23H37F3. The van der Waals surface area contributed by atoms with Gasteiger partial charge in [0.15, 0.2) is 6.17 Å². The van der Waals surface area contributed by atoms with Crippen molar-refractivity contribution in [3.05, 3.63) is 0 Å². The van der Waals surface area contributed by atoms with Crippen LogP contribution < -0.4 is 0 Å². The Morgan fingerprint density at radius 2 is 1.27 bits per heavy atom. The quantitative estimate of drug-likeness (QED) is 0.498. The molecule has 0 nitrogen and oxygen atoms in total. The standard InChI is InChI=1S/C23H37F3/c1-2-3-14-4-6-15(7-5-14)16-8-10-18-17(12-16)9-11-19-20(18)13-21(24)23(26)22(19)25/h14-23H,2-13H2,1H3. The minimum Gasteiger partial charge on any atom is -0.244 e. The summed E-state index contributed by atoms with van der Waals surface area (Å²) in [6.07, 6.45) is 9.14. The highest BCUT2D eigenvalue weighted by atomic mass is 19.2. The zero-order valence-electron chi connectivity index (χ0n) is 16.4. The fourth-order valence-corrected chi connectivity index (χ4v) is 7.51. The van der Waals surface area contributed by atoms with E-state index in [0.717, 1.165) is 37.0 Å². The van der Waals surface area contributed by atoms with Crippen LogP contribution >= 0.6 is 0 Å². The van der Waals surface area contributed by atoms with E-state index in [-0.39, 0.29) is 18.3 Å². The van der Waals surface area contributed by atoms with Crippen LogP contribution in [-0.4, -0.2) is 18.5 Å². The van der Waals surface area contributed by atoms with Gasteiger partial charge in [0.1, 0.15) is 12.3 Å². The summed E-state index contributed by atoms with van der Waals surface area (Å²) in [5, 5.41) is 0. The van der Waals surface area contributed by atoms with Crippen LogP contribution in [0.25, 0.3) is 0 Å². The summed E-state index contributed by atoms with van der Waals surface area (Å²) in [5.41, 5.74) is 0. The molecule has 0 radical (unpaired) electrons. The molecule has 0 N–H and O–H groups in total. The lowest BCUT2D eigenvalue weighted by molar-refractivity contribution is -0.0909. The molecule has 0 spiro atoms. The summed E-state index contributed by atoms with van der Waals surface area (Å²) < 4.78 is 42.2. The van der Waals surface area contributed by atoms with Gasteiger partial charge in [-0.05, 0) is 92.8 Å². The van der Waals surface area contributed by atoms with Gasteiger partial charge in [0, 0.05) is 0 Å². The fraction of sp³-hybridized carbons (Fsp3) is 1.00. The maximum Gasteiger partial charge on any atom is 0.162 e. The Hall–Kier alpha value is -0.210. The van der Waals surface area contributed by atoms with Crippen LogP contribution in [0.3, 0.4) is 0 Å². The van der Waals surface area contributed by atoms with Gasteiger partial charge >= 0.3 is 0 Å². The first-order valence-corrected chi connectivity index (χ1v) is 11.5. The SMILES string of the molecule is CCCC1CCC(C2CCC3C(CCC4C(F)C(F)C(F)CC34)C2)CC1. The maximum absolute atomic E-state index is 14.4. The monoisotopic (exact) mass is 370 g/mol. The lowest BCUT2D eigenvalue weighted by atomic mass is 9.54. The zero-order chi connectivity index (χ0) is 18.3. The van der Waals surface area contributed by atoms with E-state index in [9.17, 15) is 13.2 Å². The van der Waals surface area contributed by atoms with Crippen molar-refractivity contribution in [2.75, 3.05) is 0 Å². The van der Waals surface area contributed by atoms with Crippen molar-refractivity contribution in [2.45, 2.75) is 102 Å². The number of alkyl halides is 3. The minimum absolute atomic E-state index is 0.104. The molecule has 4 aliphatic rings. The fourth-order valence-electron chi connectivity index (χ4n) is 7.51. The van der Waals surface area contributed by atoms with E-state index < -0.39 is 18.5 Å². The van der Waals surface area contributed by atoms with E-state index in [4.69, 9.17) is 0 Å². The molecule has 0 bridgehead atoms. The van der Waals surface area contributed by atoms with Gasteiger partial charge in [-0.15, -0.1) is 0 Å². The highest BCUT2D eigenvalue weighted by molar-refractivity contribution is 5.01. The van der Waals surface area contributed by atoms with Crippen molar-refractivity contribution in [2.24, 2.45) is 41.4 Å². The number of fused-ring (bicyclic) bond motifs is 3. The van der Waals surface area contributed by atoms with E-state index >= 15 is 0 Å². The van der Waals surface area contributed by atoms with Crippen molar-refractivity contribution in [3.8, 4) is 0 Å². The first-order valence-electron chi connectivity index (χ1n) is 11.5. The second-order valence-corrected chi connectivity index (χ2v) is 10.1. The summed E-state index contributed by atoms with van der Waals surface area (Å²) in [7, 11) is 0. The second kappa shape index (κ2) is 8.03. The van der Waals surface area contributed by atoms with Gasteiger partial charge in [-0.1, -0.05) is 32.6 Å². The van der Waals surface area contributed by atoms with Crippen LogP contribution in [0.1, 0.15) is 84.0 Å². The smallest absolute Gasteiger partial charge is 0.162 e. The summed E-state index contributed by atoms with van der Waals surface area (Å²) in [6.45, 7) is 2.30. The van der Waals surface area contributed by atoms with Crippen LogP contribution in [0.2, 0.25) is 0 Å². The summed E-state index contributed by atoms with van der Waals surface area (Å²) >= 11 is 0. The van der Waals surface area contributed by atoms with Crippen molar-refractivity contribution < 1.29 is 13.2 Å². The largest absolute Gasteiger partial charge is 0.244 e. The predicted octanol–water partition coefficient (Wildman–Crippen LogP) is 7.07. The summed E-state index contributed by atoms with van der Waals surface area (Å²) in [4.78, 5) is 0. The highest BCUT2D eigenvalue weighted by Crippen LogP contribution is 2.55. The van der Waals surface area contributed by atoms with Crippen LogP contribution in [-0.2, 0) is 0 Å². The van der Waals surface area contributed by atoms with Crippen molar-refractivity contribution in [3.63, 3.8) is 0 Å². The third-order valence-corrected chi connectivity index (χ3v) is 8.86. The minimum atomic E-state index is -1.87. The molecule has 0 aromatic carbocycles. The Morgan fingerprint density at radius 3 is 2.00 bits per heavy atom. The topological polar surface area (TPSA) is 0 Å². The Kier molecular flexibility index (Phi) is 5.91. The van der Waals surface area contributed by atoms with E-state index in [1.807, 2.05) is 0 Å². The molecule has 26 heavy (non-hydrogen) atoms. The molecule has 4 saturated carbocycles. The van der Waals surface area contributed by atoms with Crippen LogP contribution in [0.4, 0.5) is 13.2 Å². The summed E-state index contributed by atoms with van der Waals surface area (Å²) in [6, 6.07) is 0. The van der Waals surface area contributed by atoms with Gasteiger partial charge < -0.3 is 0 Å². The van der Waals surface area contributed by atoms with Crippen molar-refractivity contribution in [1.82, 2.24) is 0 Å². The Labute approximate surface area is 157 Å². The van der Waals surface area contributed by atoms with Gasteiger partial charge in [-0.3, -0.25) is 0 Å². The molecule has 0 amide bonds. The lowest BCUT2D eigenvalue weighted by Gasteiger charge is -2.52.